The fourth-order valence-corrected chi connectivity index (χ4v) is 3.17. The van der Waals surface area contributed by atoms with Crippen molar-refractivity contribution < 1.29 is 36.2 Å². The molecule has 27 heavy (non-hydrogen) atoms. The summed E-state index contributed by atoms with van der Waals surface area (Å²) in [4.78, 5) is 0. The second kappa shape index (κ2) is 7.28. The molecule has 0 saturated heterocycles. The van der Waals surface area contributed by atoms with Crippen LogP contribution >= 0.6 is 0 Å². The van der Waals surface area contributed by atoms with Crippen molar-refractivity contribution in [2.45, 2.75) is 70.5 Å². The van der Waals surface area contributed by atoms with Gasteiger partial charge in [-0.3, -0.25) is 0 Å². The van der Waals surface area contributed by atoms with E-state index in [4.69, 9.17) is 4.74 Å². The molecule has 0 amide bonds. The molecule has 154 valence electrons. The summed E-state index contributed by atoms with van der Waals surface area (Å²) in [6.07, 6.45) is -8.20. The smallest absolute Gasteiger partial charge is 0.390 e. The summed E-state index contributed by atoms with van der Waals surface area (Å²) in [5, 5.41) is 10.0. The molecule has 0 heterocycles. The van der Waals surface area contributed by atoms with E-state index in [0.29, 0.717) is 37.8 Å². The van der Waals surface area contributed by atoms with Crippen molar-refractivity contribution >= 4 is 0 Å². The van der Waals surface area contributed by atoms with Crippen LogP contribution in [0.3, 0.4) is 0 Å². The zero-order valence-corrected chi connectivity index (χ0v) is 15.5. The number of ether oxygens (including phenoxy) is 1. The highest BCUT2D eigenvalue weighted by atomic mass is 19.4. The Morgan fingerprint density at radius 1 is 0.926 bits per heavy atom. The lowest BCUT2D eigenvalue weighted by molar-refractivity contribution is -0.143. The Balaban J connectivity index is 2.17. The topological polar surface area (TPSA) is 29.5 Å². The normalized spacial score (nSPS) is 28.2. The third kappa shape index (κ3) is 5.85. The average Bonchev–Trinajstić information content (AvgIpc) is 2.54. The van der Waals surface area contributed by atoms with Crippen LogP contribution in [0.15, 0.2) is 18.2 Å². The SMILES string of the molecule is C[C@@H](OCC1(C)CCC(C)(O)CC1)c1cc(C(F)(F)F)cc(C(F)(F)F)c1. The Morgan fingerprint density at radius 2 is 1.37 bits per heavy atom. The molecule has 1 aliphatic carbocycles. The molecule has 1 aromatic rings. The zero-order valence-electron chi connectivity index (χ0n) is 15.5. The van der Waals surface area contributed by atoms with Gasteiger partial charge in [0.15, 0.2) is 0 Å². The van der Waals surface area contributed by atoms with Crippen LogP contribution in [0.25, 0.3) is 0 Å². The predicted molar refractivity (Wildman–Crippen MR) is 88.0 cm³/mol. The van der Waals surface area contributed by atoms with E-state index in [-0.39, 0.29) is 23.7 Å². The maximum atomic E-state index is 13.0. The van der Waals surface area contributed by atoms with Crippen LogP contribution in [0.1, 0.15) is 69.2 Å². The highest BCUT2D eigenvalue weighted by Gasteiger charge is 2.39. The van der Waals surface area contributed by atoms with Crippen molar-refractivity contribution in [1.29, 1.82) is 0 Å². The molecule has 1 saturated carbocycles. The molecule has 0 aliphatic heterocycles. The number of halogens is 6. The summed E-state index contributed by atoms with van der Waals surface area (Å²) in [6.45, 7) is 5.33. The zero-order chi connectivity index (χ0) is 20.7. The van der Waals surface area contributed by atoms with Gasteiger partial charge in [-0.05, 0) is 68.7 Å². The molecule has 0 spiro atoms. The largest absolute Gasteiger partial charge is 0.416 e. The van der Waals surface area contributed by atoms with E-state index in [2.05, 4.69) is 0 Å². The predicted octanol–water partition coefficient (Wildman–Crippen LogP) is 6.13. The summed E-state index contributed by atoms with van der Waals surface area (Å²) in [5.41, 5.74) is -3.87. The number of aliphatic hydroxyl groups is 1. The van der Waals surface area contributed by atoms with Crippen LogP contribution in [0.5, 0.6) is 0 Å². The molecule has 0 radical (unpaired) electrons. The van der Waals surface area contributed by atoms with E-state index in [0.717, 1.165) is 0 Å². The molecule has 1 aromatic carbocycles. The molecule has 0 bridgehead atoms. The molecule has 1 atom stereocenters. The first-order valence-electron chi connectivity index (χ1n) is 8.75. The van der Waals surface area contributed by atoms with E-state index < -0.39 is 35.2 Å². The van der Waals surface area contributed by atoms with E-state index in [1.54, 1.807) is 6.92 Å². The van der Waals surface area contributed by atoms with Crippen LogP contribution in [-0.2, 0) is 17.1 Å². The van der Waals surface area contributed by atoms with Crippen LogP contribution in [-0.4, -0.2) is 17.3 Å². The molecule has 1 N–H and O–H groups in total. The van der Waals surface area contributed by atoms with E-state index in [9.17, 15) is 31.4 Å². The fourth-order valence-electron chi connectivity index (χ4n) is 3.17. The van der Waals surface area contributed by atoms with E-state index in [1.165, 1.54) is 6.92 Å². The molecule has 1 fully saturated rings. The monoisotopic (exact) mass is 398 g/mol. The molecule has 2 nitrogen and oxygen atoms in total. The molecular weight excluding hydrogens is 374 g/mol. The van der Waals surface area contributed by atoms with Gasteiger partial charge in [-0.1, -0.05) is 6.92 Å². The Bertz CT molecular complexity index is 621. The summed E-state index contributed by atoms with van der Waals surface area (Å²) >= 11 is 0. The molecule has 8 heteroatoms. The maximum absolute atomic E-state index is 13.0. The van der Waals surface area contributed by atoms with Gasteiger partial charge in [0.1, 0.15) is 0 Å². The lowest BCUT2D eigenvalue weighted by Crippen LogP contribution is -2.37. The van der Waals surface area contributed by atoms with Crippen molar-refractivity contribution in [3.63, 3.8) is 0 Å². The molecular formula is C19H24F6O2. The van der Waals surface area contributed by atoms with Gasteiger partial charge in [0.2, 0.25) is 0 Å². The van der Waals surface area contributed by atoms with Crippen molar-refractivity contribution in [2.24, 2.45) is 5.41 Å². The Kier molecular flexibility index (Phi) is 5.93. The Labute approximate surface area is 154 Å². The first kappa shape index (κ1) is 22.0. The Hall–Kier alpha value is -1.28. The minimum absolute atomic E-state index is 0.112. The van der Waals surface area contributed by atoms with Crippen LogP contribution < -0.4 is 0 Å². The highest BCUT2D eigenvalue weighted by Crippen LogP contribution is 2.42. The van der Waals surface area contributed by atoms with Gasteiger partial charge in [-0.25, -0.2) is 0 Å². The van der Waals surface area contributed by atoms with Crippen molar-refractivity contribution in [3.8, 4) is 0 Å². The maximum Gasteiger partial charge on any atom is 0.416 e. The van der Waals surface area contributed by atoms with E-state index >= 15 is 0 Å². The lowest BCUT2D eigenvalue weighted by atomic mass is 9.71. The second-order valence-electron chi connectivity index (χ2n) is 8.10. The number of alkyl halides is 6. The van der Waals surface area contributed by atoms with Gasteiger partial charge in [-0.15, -0.1) is 0 Å². The van der Waals surface area contributed by atoms with E-state index in [1.807, 2.05) is 6.92 Å². The summed E-state index contributed by atoms with van der Waals surface area (Å²) in [6, 6.07) is 1.52. The van der Waals surface area contributed by atoms with Crippen molar-refractivity contribution in [2.75, 3.05) is 6.61 Å². The molecule has 2 rings (SSSR count). The molecule has 0 aromatic heterocycles. The quantitative estimate of drug-likeness (QED) is 0.618. The van der Waals surface area contributed by atoms with Gasteiger partial charge in [0.05, 0.1) is 29.4 Å². The van der Waals surface area contributed by atoms with Gasteiger partial charge in [0, 0.05) is 0 Å². The summed E-state index contributed by atoms with van der Waals surface area (Å²) < 4.78 is 83.5. The first-order valence-corrected chi connectivity index (χ1v) is 8.75. The van der Waals surface area contributed by atoms with Crippen LogP contribution in [0.2, 0.25) is 0 Å². The summed E-state index contributed by atoms with van der Waals surface area (Å²) in [5.74, 6) is 0. The number of benzene rings is 1. The summed E-state index contributed by atoms with van der Waals surface area (Å²) in [7, 11) is 0. The van der Waals surface area contributed by atoms with Gasteiger partial charge < -0.3 is 9.84 Å². The number of hydrogen-bond acceptors (Lipinski definition) is 2. The minimum atomic E-state index is -4.88. The molecule has 1 aliphatic rings. The second-order valence-corrected chi connectivity index (χ2v) is 8.10. The van der Waals surface area contributed by atoms with Crippen LogP contribution in [0, 0.1) is 5.41 Å². The minimum Gasteiger partial charge on any atom is -0.390 e. The third-order valence-electron chi connectivity index (χ3n) is 5.30. The number of hydrogen-bond donors (Lipinski definition) is 1. The molecule has 0 unspecified atom stereocenters. The average molecular weight is 398 g/mol. The first-order chi connectivity index (χ1) is 12.1. The van der Waals surface area contributed by atoms with Gasteiger partial charge in [0.25, 0.3) is 0 Å². The fraction of sp³-hybridized carbons (Fsp3) is 0.684. The van der Waals surface area contributed by atoms with Gasteiger partial charge in [-0.2, -0.15) is 26.3 Å². The highest BCUT2D eigenvalue weighted by molar-refractivity contribution is 5.34. The van der Waals surface area contributed by atoms with Crippen LogP contribution in [0.4, 0.5) is 26.3 Å². The third-order valence-corrected chi connectivity index (χ3v) is 5.30. The van der Waals surface area contributed by atoms with Crippen molar-refractivity contribution in [1.82, 2.24) is 0 Å². The van der Waals surface area contributed by atoms with Gasteiger partial charge >= 0.3 is 12.4 Å². The number of rotatable bonds is 4. The lowest BCUT2D eigenvalue weighted by Gasteiger charge is -2.40. The van der Waals surface area contributed by atoms with Crippen molar-refractivity contribution in [3.05, 3.63) is 34.9 Å². The standard InChI is InChI=1S/C19H24F6O2/c1-12(27-11-16(2)4-6-17(3,26)7-5-16)13-8-14(18(20,21)22)10-15(9-13)19(23,24)25/h8-10,12,26H,4-7,11H2,1-3H3/t12-,16?,17?/m1/s1. The Morgan fingerprint density at radius 3 is 1.78 bits per heavy atom.